The van der Waals surface area contributed by atoms with Gasteiger partial charge in [0.2, 0.25) is 0 Å². The van der Waals surface area contributed by atoms with E-state index in [0.29, 0.717) is 13.1 Å². The van der Waals surface area contributed by atoms with Gasteiger partial charge in [0.1, 0.15) is 17.9 Å². The summed E-state index contributed by atoms with van der Waals surface area (Å²) in [5.41, 5.74) is 2.62. The monoisotopic (exact) mass is 424 g/mol. The molecule has 2 heterocycles. The van der Waals surface area contributed by atoms with Crippen LogP contribution in [0.1, 0.15) is 10.4 Å². The molecule has 1 aromatic heterocycles. The predicted molar refractivity (Wildman–Crippen MR) is 126 cm³/mol. The highest BCUT2D eigenvalue weighted by atomic mass is 16.5. The molecule has 0 spiro atoms. The summed E-state index contributed by atoms with van der Waals surface area (Å²) >= 11 is 0. The van der Waals surface area contributed by atoms with E-state index in [1.807, 2.05) is 71.6 Å². The van der Waals surface area contributed by atoms with Crippen LogP contribution in [0, 0.1) is 0 Å². The minimum Gasteiger partial charge on any atom is -0.497 e. The molecule has 1 saturated heterocycles. The summed E-state index contributed by atoms with van der Waals surface area (Å²) in [7, 11) is 1.65. The van der Waals surface area contributed by atoms with E-state index in [0.717, 1.165) is 52.3 Å². The van der Waals surface area contributed by atoms with Crippen LogP contribution in [-0.4, -0.2) is 54.1 Å². The molecule has 160 valence electrons. The quantitative estimate of drug-likeness (QED) is 0.490. The molecule has 4 aromatic rings. The lowest BCUT2D eigenvalue weighted by atomic mass is 10.1. The van der Waals surface area contributed by atoms with Gasteiger partial charge in [0, 0.05) is 43.4 Å². The number of rotatable bonds is 4. The Kier molecular flexibility index (Phi) is 5.42. The maximum absolute atomic E-state index is 13.0. The molecule has 0 unspecified atom stereocenters. The minimum atomic E-state index is 0.0806. The summed E-state index contributed by atoms with van der Waals surface area (Å²) in [5, 5.41) is 2.23. The largest absolute Gasteiger partial charge is 0.497 e. The molecule has 1 fully saturated rings. The van der Waals surface area contributed by atoms with Crippen molar-refractivity contribution in [3.8, 4) is 17.0 Å². The first-order chi connectivity index (χ1) is 15.7. The Labute approximate surface area is 187 Å². The van der Waals surface area contributed by atoms with E-state index < -0.39 is 0 Å². The SMILES string of the molecule is COc1ccc(-c2cc(N3CCN(C(=O)c4ccc5ccccc5c4)CC3)ncn2)cc1. The van der Waals surface area contributed by atoms with Gasteiger partial charge >= 0.3 is 0 Å². The fourth-order valence-electron chi connectivity index (χ4n) is 4.08. The molecule has 0 aliphatic carbocycles. The molecule has 0 N–H and O–H groups in total. The Morgan fingerprint density at radius 3 is 2.34 bits per heavy atom. The lowest BCUT2D eigenvalue weighted by Gasteiger charge is -2.35. The van der Waals surface area contributed by atoms with Crippen molar-refractivity contribution in [1.29, 1.82) is 0 Å². The molecule has 0 atom stereocenters. The van der Waals surface area contributed by atoms with Crippen LogP contribution < -0.4 is 9.64 Å². The molecule has 1 aliphatic rings. The first-order valence-corrected chi connectivity index (χ1v) is 10.7. The van der Waals surface area contributed by atoms with E-state index in [-0.39, 0.29) is 5.91 Å². The summed E-state index contributed by atoms with van der Waals surface area (Å²) < 4.78 is 5.23. The van der Waals surface area contributed by atoms with Crippen molar-refractivity contribution in [1.82, 2.24) is 14.9 Å². The number of ether oxygens (including phenoxy) is 1. The molecule has 0 radical (unpaired) electrons. The van der Waals surface area contributed by atoms with Gasteiger partial charge in [0.15, 0.2) is 0 Å². The van der Waals surface area contributed by atoms with Gasteiger partial charge in [0.25, 0.3) is 5.91 Å². The molecule has 5 rings (SSSR count). The predicted octanol–water partition coefficient (Wildman–Crippen LogP) is 4.27. The van der Waals surface area contributed by atoms with Crippen LogP contribution in [-0.2, 0) is 0 Å². The van der Waals surface area contributed by atoms with Gasteiger partial charge in [0.05, 0.1) is 12.8 Å². The second kappa shape index (κ2) is 8.67. The maximum Gasteiger partial charge on any atom is 0.253 e. The molecule has 0 bridgehead atoms. The number of carbonyl (C=O) groups excluding carboxylic acids is 1. The van der Waals surface area contributed by atoms with Gasteiger partial charge in [-0.25, -0.2) is 9.97 Å². The van der Waals surface area contributed by atoms with Crippen LogP contribution >= 0.6 is 0 Å². The van der Waals surface area contributed by atoms with Crippen LogP contribution in [0.15, 0.2) is 79.1 Å². The Hall–Kier alpha value is -3.93. The number of nitrogens with zero attached hydrogens (tertiary/aromatic N) is 4. The molecule has 1 amide bonds. The number of benzene rings is 3. The molecule has 6 heteroatoms. The van der Waals surface area contributed by atoms with Crippen LogP contribution in [0.4, 0.5) is 5.82 Å². The maximum atomic E-state index is 13.0. The summed E-state index contributed by atoms with van der Waals surface area (Å²) in [6.07, 6.45) is 1.60. The van der Waals surface area contributed by atoms with Gasteiger partial charge < -0.3 is 14.5 Å². The van der Waals surface area contributed by atoms with E-state index in [1.165, 1.54) is 0 Å². The topological polar surface area (TPSA) is 58.6 Å². The van der Waals surface area contributed by atoms with E-state index in [2.05, 4.69) is 20.9 Å². The highest BCUT2D eigenvalue weighted by molar-refractivity contribution is 5.98. The number of piperazine rings is 1. The summed E-state index contributed by atoms with van der Waals surface area (Å²) in [6.45, 7) is 2.79. The van der Waals surface area contributed by atoms with Crippen LogP contribution in [0.3, 0.4) is 0 Å². The zero-order valence-corrected chi connectivity index (χ0v) is 17.9. The summed E-state index contributed by atoms with van der Waals surface area (Å²) in [4.78, 5) is 26.1. The van der Waals surface area contributed by atoms with Crippen LogP contribution in [0.25, 0.3) is 22.0 Å². The third-order valence-corrected chi connectivity index (χ3v) is 5.93. The minimum absolute atomic E-state index is 0.0806. The van der Waals surface area contributed by atoms with E-state index >= 15 is 0 Å². The van der Waals surface area contributed by atoms with Gasteiger partial charge in [-0.2, -0.15) is 0 Å². The number of anilines is 1. The fraction of sp³-hybridized carbons (Fsp3) is 0.192. The van der Waals surface area contributed by atoms with E-state index in [4.69, 9.17) is 4.74 Å². The first-order valence-electron chi connectivity index (χ1n) is 10.7. The highest BCUT2D eigenvalue weighted by Gasteiger charge is 2.23. The average Bonchev–Trinajstić information content (AvgIpc) is 2.88. The van der Waals surface area contributed by atoms with E-state index in [9.17, 15) is 4.79 Å². The van der Waals surface area contributed by atoms with Crippen molar-refractivity contribution < 1.29 is 9.53 Å². The average molecular weight is 425 g/mol. The third-order valence-electron chi connectivity index (χ3n) is 5.93. The smallest absolute Gasteiger partial charge is 0.253 e. The molecule has 0 saturated carbocycles. The van der Waals surface area contributed by atoms with Crippen molar-refractivity contribution in [2.24, 2.45) is 0 Å². The number of fused-ring (bicyclic) bond motifs is 1. The lowest BCUT2D eigenvalue weighted by molar-refractivity contribution is 0.0746. The van der Waals surface area contributed by atoms with E-state index in [1.54, 1.807) is 13.4 Å². The van der Waals surface area contributed by atoms with Crippen LogP contribution in [0.2, 0.25) is 0 Å². The molecule has 3 aromatic carbocycles. The number of hydrogen-bond acceptors (Lipinski definition) is 5. The van der Waals surface area contributed by atoms with Gasteiger partial charge in [-0.05, 0) is 47.2 Å². The lowest BCUT2D eigenvalue weighted by Crippen LogP contribution is -2.49. The van der Waals surface area contributed by atoms with Gasteiger partial charge in [-0.3, -0.25) is 4.79 Å². The normalized spacial score (nSPS) is 13.9. The number of aromatic nitrogens is 2. The second-order valence-corrected chi connectivity index (χ2v) is 7.83. The Morgan fingerprint density at radius 2 is 1.59 bits per heavy atom. The zero-order valence-electron chi connectivity index (χ0n) is 17.9. The number of hydrogen-bond donors (Lipinski definition) is 0. The summed E-state index contributed by atoms with van der Waals surface area (Å²) in [5.74, 6) is 1.77. The van der Waals surface area contributed by atoms with Gasteiger partial charge in [-0.15, -0.1) is 0 Å². The zero-order chi connectivity index (χ0) is 21.9. The number of carbonyl (C=O) groups is 1. The fourth-order valence-corrected chi connectivity index (χ4v) is 4.08. The standard InChI is InChI=1S/C26H24N4O2/c1-32-23-10-8-20(9-11-23)24-17-25(28-18-27-24)29-12-14-30(15-13-29)26(31)22-7-6-19-4-2-3-5-21(19)16-22/h2-11,16-18H,12-15H2,1H3. The van der Waals surface area contributed by atoms with Crippen molar-refractivity contribution in [3.63, 3.8) is 0 Å². The van der Waals surface area contributed by atoms with Gasteiger partial charge in [-0.1, -0.05) is 30.3 Å². The Balaban J connectivity index is 1.27. The highest BCUT2D eigenvalue weighted by Crippen LogP contribution is 2.24. The molecular formula is C26H24N4O2. The first kappa shape index (κ1) is 20.0. The second-order valence-electron chi connectivity index (χ2n) is 7.83. The summed E-state index contributed by atoms with van der Waals surface area (Å²) in [6, 6.07) is 23.9. The third kappa shape index (κ3) is 3.99. The van der Waals surface area contributed by atoms with Crippen molar-refractivity contribution in [2.45, 2.75) is 0 Å². The number of amides is 1. The Bertz CT molecular complexity index is 1250. The van der Waals surface area contributed by atoms with Crippen LogP contribution in [0.5, 0.6) is 5.75 Å². The Morgan fingerprint density at radius 1 is 0.844 bits per heavy atom. The molecule has 1 aliphatic heterocycles. The molecule has 32 heavy (non-hydrogen) atoms. The molecular weight excluding hydrogens is 400 g/mol. The van der Waals surface area contributed by atoms with Crippen molar-refractivity contribution in [3.05, 3.63) is 84.7 Å². The van der Waals surface area contributed by atoms with Crippen molar-refractivity contribution >= 4 is 22.5 Å². The molecule has 6 nitrogen and oxygen atoms in total. The van der Waals surface area contributed by atoms with Crippen molar-refractivity contribution in [2.75, 3.05) is 38.2 Å². The number of methoxy groups -OCH3 is 1.